The van der Waals surface area contributed by atoms with E-state index in [1.807, 2.05) is 13.8 Å². The highest BCUT2D eigenvalue weighted by molar-refractivity contribution is 5.74. The molecule has 2 N–H and O–H groups in total. The Hall–Kier alpha value is -0.570. The summed E-state index contributed by atoms with van der Waals surface area (Å²) in [4.78, 5) is 11.5. The van der Waals surface area contributed by atoms with Crippen molar-refractivity contribution >= 4 is 5.97 Å². The van der Waals surface area contributed by atoms with Gasteiger partial charge >= 0.3 is 5.97 Å². The van der Waals surface area contributed by atoms with E-state index in [9.17, 15) is 4.79 Å². The first kappa shape index (κ1) is 12.5. The minimum Gasteiger partial charge on any atom is -0.469 e. The second-order valence-corrected chi connectivity index (χ2v) is 4.30. The van der Waals surface area contributed by atoms with Crippen LogP contribution in [0.15, 0.2) is 0 Å². The van der Waals surface area contributed by atoms with Gasteiger partial charge in [0.15, 0.2) is 0 Å². The van der Waals surface area contributed by atoms with Crippen LogP contribution in [0.1, 0.15) is 39.5 Å². The lowest BCUT2D eigenvalue weighted by atomic mass is 9.62. The molecule has 3 fully saturated rings. The summed E-state index contributed by atoms with van der Waals surface area (Å²) in [6.45, 7) is 4.00. The van der Waals surface area contributed by atoms with Gasteiger partial charge in [-0.3, -0.25) is 4.79 Å². The highest BCUT2D eigenvalue weighted by Crippen LogP contribution is 2.44. The Balaban J connectivity index is 0.000000531. The van der Waals surface area contributed by atoms with Crippen LogP contribution < -0.4 is 5.73 Å². The lowest BCUT2D eigenvalue weighted by Gasteiger charge is -2.45. The fourth-order valence-corrected chi connectivity index (χ4v) is 2.98. The molecule has 0 amide bonds. The van der Waals surface area contributed by atoms with Gasteiger partial charge in [-0.2, -0.15) is 0 Å². The molecular formula is C12H23NO2. The molecule has 0 saturated heterocycles. The molecule has 88 valence electrons. The molecule has 0 aromatic rings. The molecule has 3 aliphatic rings. The SMILES string of the molecule is CC.COC(=O)C1C2CCC(CC2)C1N. The lowest BCUT2D eigenvalue weighted by molar-refractivity contribution is -0.152. The molecule has 0 aromatic carbocycles. The van der Waals surface area contributed by atoms with Gasteiger partial charge in [-0.25, -0.2) is 0 Å². The molecular weight excluding hydrogens is 190 g/mol. The molecule has 0 aliphatic heterocycles. The average Bonchev–Trinajstić information content (AvgIpc) is 2.32. The fourth-order valence-electron chi connectivity index (χ4n) is 2.98. The Bertz CT molecular complexity index is 208. The molecule has 3 nitrogen and oxygen atoms in total. The summed E-state index contributed by atoms with van der Waals surface area (Å²) in [6.07, 6.45) is 4.74. The summed E-state index contributed by atoms with van der Waals surface area (Å²) >= 11 is 0. The van der Waals surface area contributed by atoms with Gasteiger partial charge in [0.2, 0.25) is 0 Å². The summed E-state index contributed by atoms with van der Waals surface area (Å²) in [6, 6.07) is 0.0555. The summed E-state index contributed by atoms with van der Waals surface area (Å²) in [5.74, 6) is 0.945. The van der Waals surface area contributed by atoms with Crippen molar-refractivity contribution in [3.8, 4) is 0 Å². The van der Waals surface area contributed by atoms with E-state index in [0.29, 0.717) is 11.8 Å². The van der Waals surface area contributed by atoms with Gasteiger partial charge in [0.05, 0.1) is 13.0 Å². The zero-order valence-electron chi connectivity index (χ0n) is 10.0. The third kappa shape index (κ3) is 2.33. The van der Waals surface area contributed by atoms with Gasteiger partial charge in [0.25, 0.3) is 0 Å². The maximum absolute atomic E-state index is 11.5. The van der Waals surface area contributed by atoms with E-state index >= 15 is 0 Å². The fraction of sp³-hybridized carbons (Fsp3) is 0.917. The first-order valence-electron chi connectivity index (χ1n) is 6.07. The number of hydrogen-bond acceptors (Lipinski definition) is 3. The first-order valence-corrected chi connectivity index (χ1v) is 6.07. The topological polar surface area (TPSA) is 52.3 Å². The highest BCUT2D eigenvalue weighted by atomic mass is 16.5. The normalized spacial score (nSPS) is 37.9. The van der Waals surface area contributed by atoms with E-state index < -0.39 is 0 Å². The van der Waals surface area contributed by atoms with Crippen LogP contribution in [0.5, 0.6) is 0 Å². The molecule has 2 bridgehead atoms. The van der Waals surface area contributed by atoms with E-state index in [1.165, 1.54) is 20.0 Å². The molecule has 3 rings (SSSR count). The van der Waals surface area contributed by atoms with Gasteiger partial charge in [-0.05, 0) is 37.5 Å². The van der Waals surface area contributed by atoms with E-state index in [0.717, 1.165) is 12.8 Å². The van der Waals surface area contributed by atoms with Crippen molar-refractivity contribution in [3.63, 3.8) is 0 Å². The first-order chi connectivity index (χ1) is 7.24. The molecule has 2 unspecified atom stereocenters. The average molecular weight is 213 g/mol. The summed E-state index contributed by atoms with van der Waals surface area (Å²) in [5, 5.41) is 0. The van der Waals surface area contributed by atoms with Crippen molar-refractivity contribution in [2.45, 2.75) is 45.6 Å². The Kier molecular flexibility index (Phi) is 4.58. The van der Waals surface area contributed by atoms with Crippen molar-refractivity contribution < 1.29 is 9.53 Å². The van der Waals surface area contributed by atoms with Crippen LogP contribution in [0.25, 0.3) is 0 Å². The largest absolute Gasteiger partial charge is 0.469 e. The monoisotopic (exact) mass is 213 g/mol. The Labute approximate surface area is 92.4 Å². The molecule has 15 heavy (non-hydrogen) atoms. The Morgan fingerprint density at radius 2 is 1.60 bits per heavy atom. The summed E-state index contributed by atoms with van der Waals surface area (Å²) < 4.78 is 4.79. The number of nitrogens with two attached hydrogens (primary N) is 1. The Morgan fingerprint density at radius 1 is 1.13 bits per heavy atom. The molecule has 0 radical (unpaired) electrons. The molecule has 3 heteroatoms. The quantitative estimate of drug-likeness (QED) is 0.677. The van der Waals surface area contributed by atoms with Crippen LogP contribution in [-0.4, -0.2) is 19.1 Å². The minimum absolute atomic E-state index is 0.0162. The van der Waals surface area contributed by atoms with Crippen molar-refractivity contribution in [2.75, 3.05) is 7.11 Å². The molecule has 3 aliphatic carbocycles. The van der Waals surface area contributed by atoms with Crippen molar-refractivity contribution in [3.05, 3.63) is 0 Å². The van der Waals surface area contributed by atoms with E-state index in [4.69, 9.17) is 10.5 Å². The molecule has 0 aromatic heterocycles. The maximum Gasteiger partial charge on any atom is 0.310 e. The third-order valence-electron chi connectivity index (χ3n) is 3.76. The second-order valence-electron chi connectivity index (χ2n) is 4.30. The molecule has 3 saturated carbocycles. The smallest absolute Gasteiger partial charge is 0.310 e. The number of methoxy groups -OCH3 is 1. The lowest BCUT2D eigenvalue weighted by Crippen LogP contribution is -2.52. The van der Waals surface area contributed by atoms with Crippen molar-refractivity contribution in [2.24, 2.45) is 23.5 Å². The number of rotatable bonds is 1. The van der Waals surface area contributed by atoms with Gasteiger partial charge in [0, 0.05) is 6.04 Å². The Morgan fingerprint density at radius 3 is 2.00 bits per heavy atom. The van der Waals surface area contributed by atoms with Gasteiger partial charge < -0.3 is 10.5 Å². The minimum atomic E-state index is -0.0955. The molecule has 2 atom stereocenters. The number of fused-ring (bicyclic) bond motifs is 3. The maximum atomic E-state index is 11.5. The predicted octanol–water partition coefficient (Wildman–Crippen LogP) is 1.95. The van der Waals surface area contributed by atoms with Gasteiger partial charge in [-0.1, -0.05) is 13.8 Å². The molecule has 0 spiro atoms. The van der Waals surface area contributed by atoms with Crippen LogP contribution in [-0.2, 0) is 9.53 Å². The van der Waals surface area contributed by atoms with E-state index in [1.54, 1.807) is 0 Å². The van der Waals surface area contributed by atoms with Crippen LogP contribution in [0.3, 0.4) is 0 Å². The van der Waals surface area contributed by atoms with Crippen molar-refractivity contribution in [1.82, 2.24) is 0 Å². The number of esters is 1. The number of hydrogen-bond donors (Lipinski definition) is 1. The second kappa shape index (κ2) is 5.50. The third-order valence-corrected chi connectivity index (χ3v) is 3.76. The van der Waals surface area contributed by atoms with Gasteiger partial charge in [0.1, 0.15) is 0 Å². The highest BCUT2D eigenvalue weighted by Gasteiger charge is 2.45. The van der Waals surface area contributed by atoms with Gasteiger partial charge in [-0.15, -0.1) is 0 Å². The van der Waals surface area contributed by atoms with Crippen LogP contribution >= 0.6 is 0 Å². The van der Waals surface area contributed by atoms with Crippen LogP contribution in [0.4, 0.5) is 0 Å². The summed E-state index contributed by atoms with van der Waals surface area (Å²) in [5.41, 5.74) is 6.04. The zero-order valence-corrected chi connectivity index (χ0v) is 10.0. The number of carbonyl (C=O) groups excluding carboxylic acids is 1. The number of carbonyl (C=O) groups is 1. The van der Waals surface area contributed by atoms with E-state index in [2.05, 4.69) is 0 Å². The summed E-state index contributed by atoms with van der Waals surface area (Å²) in [7, 11) is 1.46. The molecule has 0 heterocycles. The zero-order chi connectivity index (χ0) is 11.4. The van der Waals surface area contributed by atoms with Crippen LogP contribution in [0.2, 0.25) is 0 Å². The predicted molar refractivity (Wildman–Crippen MR) is 60.3 cm³/mol. The van der Waals surface area contributed by atoms with Crippen LogP contribution in [0, 0.1) is 17.8 Å². The standard InChI is InChI=1S/C10H17NO2.C2H6/c1-13-10(12)8-6-2-4-7(5-3-6)9(8)11;1-2/h6-9H,2-5,11H2,1H3;1-2H3. The number of ether oxygens (including phenoxy) is 1. The van der Waals surface area contributed by atoms with Crippen molar-refractivity contribution in [1.29, 1.82) is 0 Å². The van der Waals surface area contributed by atoms with E-state index in [-0.39, 0.29) is 17.9 Å².